The Bertz CT molecular complexity index is 431. The van der Waals surface area contributed by atoms with Crippen molar-refractivity contribution in [2.24, 2.45) is 0 Å². The van der Waals surface area contributed by atoms with Gasteiger partial charge in [-0.05, 0) is 35.2 Å². The maximum Gasteiger partial charge on any atom is 0.283 e. The van der Waals surface area contributed by atoms with Gasteiger partial charge < -0.3 is 5.32 Å². The zero-order valence-corrected chi connectivity index (χ0v) is 13.0. The maximum absolute atomic E-state index is 12.0. The molecule has 1 rings (SSSR count). The van der Waals surface area contributed by atoms with Gasteiger partial charge in [0.05, 0.1) is 11.9 Å². The van der Waals surface area contributed by atoms with Crippen LogP contribution in [0.25, 0.3) is 0 Å². The van der Waals surface area contributed by atoms with Crippen molar-refractivity contribution in [2.75, 3.05) is 5.32 Å². The van der Waals surface area contributed by atoms with Gasteiger partial charge in [0.2, 0.25) is 0 Å². The van der Waals surface area contributed by atoms with Crippen LogP contribution in [-0.4, -0.2) is 15.8 Å². The summed E-state index contributed by atoms with van der Waals surface area (Å²) in [5, 5.41) is 7.57. The van der Waals surface area contributed by atoms with E-state index >= 15 is 0 Å². The van der Waals surface area contributed by atoms with E-state index in [4.69, 9.17) is 0 Å². The predicted octanol–water partition coefficient (Wildman–Crippen LogP) is 3.41. The van der Waals surface area contributed by atoms with E-state index in [1.165, 1.54) is 4.68 Å². The van der Waals surface area contributed by atoms with E-state index in [-0.39, 0.29) is 5.56 Å². The van der Waals surface area contributed by atoms with Gasteiger partial charge in [-0.25, -0.2) is 4.68 Å². The zero-order valence-electron chi connectivity index (χ0n) is 11.4. The molecular formula is C13H22BrN3O. The highest BCUT2D eigenvalue weighted by Gasteiger charge is 2.11. The third-order valence-corrected chi connectivity index (χ3v) is 3.68. The Morgan fingerprint density at radius 2 is 2.11 bits per heavy atom. The molecule has 4 nitrogen and oxygen atoms in total. The highest BCUT2D eigenvalue weighted by Crippen LogP contribution is 2.19. The summed E-state index contributed by atoms with van der Waals surface area (Å²) in [6.45, 7) is 7.00. The zero-order chi connectivity index (χ0) is 13.5. The molecule has 1 N–H and O–H groups in total. The summed E-state index contributed by atoms with van der Waals surface area (Å²) >= 11 is 3.37. The molecule has 0 bridgehead atoms. The molecule has 1 aromatic rings. The van der Waals surface area contributed by atoms with Crippen LogP contribution < -0.4 is 10.9 Å². The monoisotopic (exact) mass is 315 g/mol. The first-order valence-electron chi connectivity index (χ1n) is 6.66. The topological polar surface area (TPSA) is 46.9 Å². The second kappa shape index (κ2) is 7.56. The molecule has 0 aromatic carbocycles. The maximum atomic E-state index is 12.0. The summed E-state index contributed by atoms with van der Waals surface area (Å²) < 4.78 is 2.08. The van der Waals surface area contributed by atoms with Crippen LogP contribution >= 0.6 is 15.9 Å². The fraction of sp³-hybridized carbons (Fsp3) is 0.692. The van der Waals surface area contributed by atoms with E-state index in [1.807, 2.05) is 6.92 Å². The number of nitrogens with zero attached hydrogens (tertiary/aromatic N) is 2. The van der Waals surface area contributed by atoms with Gasteiger partial charge in [0.25, 0.3) is 5.56 Å². The van der Waals surface area contributed by atoms with Crippen molar-refractivity contribution in [1.29, 1.82) is 0 Å². The molecule has 0 spiro atoms. The van der Waals surface area contributed by atoms with Gasteiger partial charge in [-0.3, -0.25) is 4.79 Å². The Balaban J connectivity index is 2.91. The summed E-state index contributed by atoms with van der Waals surface area (Å²) in [4.78, 5) is 12.0. The van der Waals surface area contributed by atoms with Crippen molar-refractivity contribution in [3.63, 3.8) is 0 Å². The van der Waals surface area contributed by atoms with Crippen LogP contribution in [0, 0.1) is 0 Å². The van der Waals surface area contributed by atoms with Crippen molar-refractivity contribution in [3.05, 3.63) is 21.0 Å². The summed E-state index contributed by atoms with van der Waals surface area (Å²) in [7, 11) is 0. The van der Waals surface area contributed by atoms with E-state index in [9.17, 15) is 4.79 Å². The molecule has 102 valence electrons. The first-order chi connectivity index (χ1) is 8.63. The second-order valence-corrected chi connectivity index (χ2v) is 5.23. The SMILES string of the molecule is CCCC(CC)Nc1cnn(CCC)c(=O)c1Br. The molecule has 1 unspecified atom stereocenters. The summed E-state index contributed by atoms with van der Waals surface area (Å²) in [5.41, 5.74) is 0.737. The highest BCUT2D eigenvalue weighted by molar-refractivity contribution is 9.10. The molecule has 0 aliphatic heterocycles. The average Bonchev–Trinajstić information content (AvgIpc) is 2.37. The van der Waals surface area contributed by atoms with Crippen LogP contribution in [0.1, 0.15) is 46.5 Å². The van der Waals surface area contributed by atoms with Gasteiger partial charge in [0, 0.05) is 12.6 Å². The molecule has 0 aliphatic rings. The molecule has 1 heterocycles. The van der Waals surface area contributed by atoms with Crippen molar-refractivity contribution >= 4 is 21.6 Å². The Morgan fingerprint density at radius 1 is 1.39 bits per heavy atom. The molecule has 0 radical (unpaired) electrons. The van der Waals surface area contributed by atoms with E-state index in [0.29, 0.717) is 17.1 Å². The lowest BCUT2D eigenvalue weighted by molar-refractivity contribution is 0.563. The Morgan fingerprint density at radius 3 is 2.67 bits per heavy atom. The number of halogens is 1. The van der Waals surface area contributed by atoms with Crippen molar-refractivity contribution in [2.45, 2.75) is 59.0 Å². The quantitative estimate of drug-likeness (QED) is 0.838. The van der Waals surface area contributed by atoms with Gasteiger partial charge >= 0.3 is 0 Å². The largest absolute Gasteiger partial charge is 0.380 e. The van der Waals surface area contributed by atoms with Gasteiger partial charge in [0.1, 0.15) is 4.47 Å². The minimum absolute atomic E-state index is 0.0619. The van der Waals surface area contributed by atoms with E-state index in [2.05, 4.69) is 40.2 Å². The standard InChI is InChI=1S/C13H22BrN3O/c1-4-7-10(6-3)16-11-9-15-17(8-5-2)13(18)12(11)14/h9-10,16H,4-8H2,1-3H3. The first-order valence-corrected chi connectivity index (χ1v) is 7.45. The lowest BCUT2D eigenvalue weighted by atomic mass is 10.1. The number of anilines is 1. The average molecular weight is 316 g/mol. The van der Waals surface area contributed by atoms with E-state index < -0.39 is 0 Å². The molecule has 1 atom stereocenters. The number of hydrogen-bond donors (Lipinski definition) is 1. The third kappa shape index (κ3) is 3.83. The smallest absolute Gasteiger partial charge is 0.283 e. The van der Waals surface area contributed by atoms with Crippen LogP contribution in [0.4, 0.5) is 5.69 Å². The number of hydrogen-bond acceptors (Lipinski definition) is 3. The summed E-state index contributed by atoms with van der Waals surface area (Å²) in [6.07, 6.45) is 5.90. The molecule has 1 aromatic heterocycles. The van der Waals surface area contributed by atoms with Crippen molar-refractivity contribution in [3.8, 4) is 0 Å². The molecule has 18 heavy (non-hydrogen) atoms. The van der Waals surface area contributed by atoms with Crippen LogP contribution in [-0.2, 0) is 6.54 Å². The molecule has 0 saturated heterocycles. The number of aromatic nitrogens is 2. The normalized spacial score (nSPS) is 12.4. The summed E-state index contributed by atoms with van der Waals surface area (Å²) in [6, 6.07) is 0.398. The van der Waals surface area contributed by atoms with Crippen molar-refractivity contribution in [1.82, 2.24) is 9.78 Å². The first kappa shape index (κ1) is 15.2. The van der Waals surface area contributed by atoms with Crippen LogP contribution in [0.15, 0.2) is 15.5 Å². The second-order valence-electron chi connectivity index (χ2n) is 4.44. The Labute approximate surface area is 117 Å². The molecule has 0 fully saturated rings. The van der Waals surface area contributed by atoms with Gasteiger partial charge in [-0.2, -0.15) is 5.10 Å². The summed E-state index contributed by atoms with van der Waals surface area (Å²) in [5.74, 6) is 0. The predicted molar refractivity (Wildman–Crippen MR) is 79.1 cm³/mol. The van der Waals surface area contributed by atoms with Crippen LogP contribution in [0.3, 0.4) is 0 Å². The number of nitrogens with one attached hydrogen (secondary N) is 1. The number of rotatable bonds is 7. The minimum atomic E-state index is -0.0619. The lowest BCUT2D eigenvalue weighted by Crippen LogP contribution is -2.26. The van der Waals surface area contributed by atoms with Gasteiger partial charge in [-0.15, -0.1) is 0 Å². The highest BCUT2D eigenvalue weighted by atomic mass is 79.9. The number of aryl methyl sites for hydroxylation is 1. The Kier molecular flexibility index (Phi) is 6.39. The lowest BCUT2D eigenvalue weighted by Gasteiger charge is -2.18. The molecular weight excluding hydrogens is 294 g/mol. The van der Waals surface area contributed by atoms with Crippen LogP contribution in [0.5, 0.6) is 0 Å². The molecule has 5 heteroatoms. The fourth-order valence-electron chi connectivity index (χ4n) is 1.88. The van der Waals surface area contributed by atoms with Gasteiger partial charge in [-0.1, -0.05) is 27.2 Å². The van der Waals surface area contributed by atoms with E-state index in [0.717, 1.165) is 31.4 Å². The van der Waals surface area contributed by atoms with E-state index in [1.54, 1.807) is 6.20 Å². The van der Waals surface area contributed by atoms with Gasteiger partial charge in [0.15, 0.2) is 0 Å². The molecule has 0 saturated carbocycles. The molecule has 0 amide bonds. The Hall–Kier alpha value is -0.840. The van der Waals surface area contributed by atoms with Crippen molar-refractivity contribution < 1.29 is 0 Å². The minimum Gasteiger partial charge on any atom is -0.380 e. The van der Waals surface area contributed by atoms with Crippen LogP contribution in [0.2, 0.25) is 0 Å². The fourth-order valence-corrected chi connectivity index (χ4v) is 2.31. The third-order valence-electron chi connectivity index (χ3n) is 2.91. The molecule has 0 aliphatic carbocycles.